The van der Waals surface area contributed by atoms with Crippen molar-refractivity contribution in [2.24, 2.45) is 5.92 Å². The molecule has 0 saturated heterocycles. The quantitative estimate of drug-likeness (QED) is 0.653. The summed E-state index contributed by atoms with van der Waals surface area (Å²) in [6, 6.07) is 0.216. The van der Waals surface area contributed by atoms with Gasteiger partial charge in [-0.1, -0.05) is 19.3 Å². The van der Waals surface area contributed by atoms with Gasteiger partial charge in [0, 0.05) is 37.9 Å². The number of carbonyl (C=O) groups excluding carboxylic acids is 2. The van der Waals surface area contributed by atoms with E-state index in [1.54, 1.807) is 19.0 Å². The number of carbonyl (C=O) groups is 2. The molecule has 0 N–H and O–H groups in total. The summed E-state index contributed by atoms with van der Waals surface area (Å²) in [5.74, 6) is 0.440. The molecule has 162 valence electrons. The van der Waals surface area contributed by atoms with Crippen LogP contribution in [0, 0.1) is 5.92 Å². The zero-order valence-electron chi connectivity index (χ0n) is 18.4. The van der Waals surface area contributed by atoms with Crippen molar-refractivity contribution in [2.45, 2.75) is 70.9 Å². The van der Waals surface area contributed by atoms with Crippen LogP contribution in [0.15, 0.2) is 0 Å². The van der Waals surface area contributed by atoms with Crippen molar-refractivity contribution in [1.82, 2.24) is 19.6 Å². The fourth-order valence-corrected chi connectivity index (χ4v) is 4.73. The van der Waals surface area contributed by atoms with Gasteiger partial charge in [-0.3, -0.25) is 19.2 Å². The summed E-state index contributed by atoms with van der Waals surface area (Å²) in [5, 5.41) is 4.81. The lowest BCUT2D eigenvalue weighted by molar-refractivity contribution is -0.144. The van der Waals surface area contributed by atoms with Crippen LogP contribution >= 0.6 is 0 Å². The smallest absolute Gasteiger partial charge is 0.320 e. The van der Waals surface area contributed by atoms with Crippen LogP contribution in [0.1, 0.15) is 67.2 Å². The third kappa shape index (κ3) is 5.18. The molecule has 1 atom stereocenters. The van der Waals surface area contributed by atoms with Gasteiger partial charge in [0.1, 0.15) is 0 Å². The van der Waals surface area contributed by atoms with E-state index in [0.29, 0.717) is 18.2 Å². The highest BCUT2D eigenvalue weighted by molar-refractivity contribution is 5.93. The average molecular weight is 405 g/mol. The third-order valence-corrected chi connectivity index (χ3v) is 6.39. The first-order chi connectivity index (χ1) is 13.9. The molecule has 1 aromatic rings. The van der Waals surface area contributed by atoms with E-state index in [9.17, 15) is 9.59 Å². The van der Waals surface area contributed by atoms with Crippen molar-refractivity contribution < 1.29 is 14.3 Å². The molecule has 0 aromatic carbocycles. The Labute approximate surface area is 174 Å². The second-order valence-electron chi connectivity index (χ2n) is 8.78. The third-order valence-electron chi connectivity index (χ3n) is 6.39. The lowest BCUT2D eigenvalue weighted by Gasteiger charge is -2.31. The molecule has 1 amide bonds. The van der Waals surface area contributed by atoms with Gasteiger partial charge in [0.2, 0.25) is 0 Å². The maximum Gasteiger partial charge on any atom is 0.320 e. The Kier molecular flexibility index (Phi) is 7.33. The first kappa shape index (κ1) is 21.8. The van der Waals surface area contributed by atoms with E-state index >= 15 is 0 Å². The number of hydrogen-bond donors (Lipinski definition) is 0. The first-order valence-electron chi connectivity index (χ1n) is 11.1. The zero-order chi connectivity index (χ0) is 21.0. The van der Waals surface area contributed by atoms with Gasteiger partial charge in [0.05, 0.1) is 13.2 Å². The molecule has 0 bridgehead atoms. The number of likely N-dealkylation sites (N-methyl/N-ethyl adjacent to an activating group) is 1. The van der Waals surface area contributed by atoms with Crippen LogP contribution in [0.2, 0.25) is 0 Å². The molecular weight excluding hydrogens is 368 g/mol. The van der Waals surface area contributed by atoms with Gasteiger partial charge in [-0.05, 0) is 52.0 Å². The fraction of sp³-hybridized carbons (Fsp3) is 0.773. The van der Waals surface area contributed by atoms with E-state index < -0.39 is 0 Å². The maximum atomic E-state index is 12.8. The second-order valence-corrected chi connectivity index (χ2v) is 8.78. The predicted octanol–water partition coefficient (Wildman–Crippen LogP) is 2.52. The van der Waals surface area contributed by atoms with Gasteiger partial charge in [0.15, 0.2) is 5.69 Å². The minimum absolute atomic E-state index is 0.0302. The molecule has 1 fully saturated rings. The summed E-state index contributed by atoms with van der Waals surface area (Å²) >= 11 is 0. The molecule has 29 heavy (non-hydrogen) atoms. The first-order valence-corrected chi connectivity index (χ1v) is 11.1. The summed E-state index contributed by atoms with van der Waals surface area (Å²) in [6.07, 6.45) is 9.09. The molecule has 7 nitrogen and oxygen atoms in total. The zero-order valence-corrected chi connectivity index (χ0v) is 18.4. The summed E-state index contributed by atoms with van der Waals surface area (Å²) in [6.45, 7) is 3.43. The van der Waals surface area contributed by atoms with E-state index in [1.165, 1.54) is 37.8 Å². The van der Waals surface area contributed by atoms with E-state index in [2.05, 4.69) is 9.58 Å². The Bertz CT molecular complexity index is 722. The normalized spacial score (nSPS) is 19.8. The van der Waals surface area contributed by atoms with Gasteiger partial charge in [-0.25, -0.2) is 0 Å². The molecule has 1 aromatic heterocycles. The number of nitrogens with zero attached hydrogens (tertiary/aromatic N) is 4. The standard InChI is InChI=1S/C22H36N4O3/c1-5-29-20(27)15-25(4)17-11-12-19-18(13-17)21(22(28)24(2)3)23-26(19)14-16-9-7-6-8-10-16/h16-17H,5-15H2,1-4H3. The highest BCUT2D eigenvalue weighted by Crippen LogP contribution is 2.31. The van der Waals surface area contributed by atoms with E-state index in [4.69, 9.17) is 9.84 Å². The van der Waals surface area contributed by atoms with Crippen molar-refractivity contribution in [3.8, 4) is 0 Å². The molecule has 2 aliphatic carbocycles. The maximum absolute atomic E-state index is 12.8. The van der Waals surface area contributed by atoms with Crippen molar-refractivity contribution in [1.29, 1.82) is 0 Å². The predicted molar refractivity (Wildman–Crippen MR) is 112 cm³/mol. The lowest BCUT2D eigenvalue weighted by atomic mass is 9.88. The molecule has 0 radical (unpaired) electrons. The number of fused-ring (bicyclic) bond motifs is 1. The summed E-state index contributed by atoms with van der Waals surface area (Å²) < 4.78 is 7.23. The van der Waals surface area contributed by atoms with Crippen LogP contribution in [0.3, 0.4) is 0 Å². The SMILES string of the molecule is CCOC(=O)CN(C)C1CCc2c(c(C(=O)N(C)C)nn2CC2CCCCC2)C1. The second kappa shape index (κ2) is 9.74. The number of ether oxygens (including phenoxy) is 1. The van der Waals surface area contributed by atoms with Gasteiger partial charge in [-0.2, -0.15) is 5.10 Å². The number of amides is 1. The highest BCUT2D eigenvalue weighted by atomic mass is 16.5. The van der Waals surface area contributed by atoms with Crippen molar-refractivity contribution in [3.05, 3.63) is 17.0 Å². The molecule has 2 aliphatic rings. The highest BCUT2D eigenvalue weighted by Gasteiger charge is 2.32. The minimum atomic E-state index is -0.196. The summed E-state index contributed by atoms with van der Waals surface area (Å²) in [4.78, 5) is 28.4. The average Bonchev–Trinajstić information content (AvgIpc) is 3.05. The Morgan fingerprint density at radius 3 is 2.52 bits per heavy atom. The van der Waals surface area contributed by atoms with Crippen LogP contribution in [0.5, 0.6) is 0 Å². The van der Waals surface area contributed by atoms with E-state index in [1.807, 2.05) is 14.0 Å². The molecule has 0 spiro atoms. The molecule has 1 unspecified atom stereocenters. The Balaban J connectivity index is 1.80. The number of rotatable bonds is 7. The molecular formula is C22H36N4O3. The Morgan fingerprint density at radius 2 is 1.86 bits per heavy atom. The van der Waals surface area contributed by atoms with E-state index in [0.717, 1.165) is 31.4 Å². The fourth-order valence-electron chi connectivity index (χ4n) is 4.73. The monoisotopic (exact) mass is 404 g/mol. The Hall–Kier alpha value is -1.89. The van der Waals surface area contributed by atoms with Crippen molar-refractivity contribution in [2.75, 3.05) is 34.3 Å². The van der Waals surface area contributed by atoms with E-state index in [-0.39, 0.29) is 24.5 Å². The Morgan fingerprint density at radius 1 is 1.14 bits per heavy atom. The van der Waals surface area contributed by atoms with Crippen LogP contribution in [0.4, 0.5) is 0 Å². The topological polar surface area (TPSA) is 67.7 Å². The van der Waals surface area contributed by atoms with Crippen LogP contribution in [-0.2, 0) is 28.9 Å². The van der Waals surface area contributed by atoms with Crippen molar-refractivity contribution >= 4 is 11.9 Å². The van der Waals surface area contributed by atoms with Crippen LogP contribution in [0.25, 0.3) is 0 Å². The molecule has 1 saturated carbocycles. The van der Waals surface area contributed by atoms with Crippen LogP contribution in [-0.4, -0.2) is 71.8 Å². The van der Waals surface area contributed by atoms with Gasteiger partial charge >= 0.3 is 5.97 Å². The molecule has 3 rings (SSSR count). The largest absolute Gasteiger partial charge is 0.465 e. The van der Waals surface area contributed by atoms with Crippen molar-refractivity contribution in [3.63, 3.8) is 0 Å². The summed E-state index contributed by atoms with van der Waals surface area (Å²) in [7, 11) is 5.52. The number of aromatic nitrogens is 2. The van der Waals surface area contributed by atoms with Gasteiger partial charge < -0.3 is 9.64 Å². The molecule has 1 heterocycles. The van der Waals surface area contributed by atoms with Gasteiger partial charge in [-0.15, -0.1) is 0 Å². The van der Waals surface area contributed by atoms with Crippen LogP contribution < -0.4 is 0 Å². The number of esters is 1. The molecule has 0 aliphatic heterocycles. The lowest BCUT2D eigenvalue weighted by Crippen LogP contribution is -2.40. The summed E-state index contributed by atoms with van der Waals surface area (Å²) in [5.41, 5.74) is 2.89. The number of hydrogen-bond acceptors (Lipinski definition) is 5. The van der Waals surface area contributed by atoms with Gasteiger partial charge in [0.25, 0.3) is 5.91 Å². The minimum Gasteiger partial charge on any atom is -0.465 e. The molecule has 7 heteroatoms.